The van der Waals surface area contributed by atoms with E-state index in [4.69, 9.17) is 11.5 Å². The summed E-state index contributed by atoms with van der Waals surface area (Å²) in [5.74, 6) is 0.649. The number of hydrogen-bond acceptors (Lipinski definition) is 6. The number of nitrogens with zero attached hydrogens (tertiary/aromatic N) is 3. The first kappa shape index (κ1) is 15.6. The van der Waals surface area contributed by atoms with Crippen LogP contribution in [-0.4, -0.2) is 27.2 Å². The molecule has 0 radical (unpaired) electrons. The lowest BCUT2D eigenvalue weighted by Gasteiger charge is -2.25. The van der Waals surface area contributed by atoms with Crippen LogP contribution in [0.5, 0.6) is 0 Å². The van der Waals surface area contributed by atoms with Crippen LogP contribution in [0.4, 0.5) is 17.3 Å². The van der Waals surface area contributed by atoms with Gasteiger partial charge in [0.1, 0.15) is 11.6 Å². The van der Waals surface area contributed by atoms with Crippen LogP contribution in [0.2, 0.25) is 0 Å². The predicted molar refractivity (Wildman–Crippen MR) is 93.3 cm³/mol. The molecule has 23 heavy (non-hydrogen) atoms. The van der Waals surface area contributed by atoms with E-state index in [1.165, 1.54) is 23.4 Å². The average molecular weight is 329 g/mol. The van der Waals surface area contributed by atoms with Crippen molar-refractivity contribution in [2.45, 2.75) is 36.7 Å². The number of nitrogens with two attached hydrogens (primary N) is 2. The molecule has 0 spiro atoms. The third kappa shape index (κ3) is 3.10. The van der Waals surface area contributed by atoms with Gasteiger partial charge in [0.05, 0.1) is 5.25 Å². The number of para-hydroxylation sites is 1. The molecule has 3 rings (SSSR count). The zero-order chi connectivity index (χ0) is 16.6. The molecule has 0 bridgehead atoms. The molecule has 1 aliphatic heterocycles. The Hall–Kier alpha value is -2.28. The fourth-order valence-corrected chi connectivity index (χ4v) is 3.67. The normalized spacial score (nSPS) is 17.8. The molecule has 0 fully saturated rings. The van der Waals surface area contributed by atoms with Crippen molar-refractivity contribution >= 4 is 35.0 Å². The second-order valence-corrected chi connectivity index (χ2v) is 6.96. The summed E-state index contributed by atoms with van der Waals surface area (Å²) in [7, 11) is 0. The maximum Gasteiger partial charge on any atom is 0.240 e. The molecule has 0 aliphatic carbocycles. The number of fused-ring (bicyclic) bond motifs is 1. The number of amides is 1. The van der Waals surface area contributed by atoms with Crippen molar-refractivity contribution in [1.29, 1.82) is 0 Å². The van der Waals surface area contributed by atoms with Crippen molar-refractivity contribution in [3.8, 4) is 0 Å². The highest BCUT2D eigenvalue weighted by Crippen LogP contribution is 2.34. The van der Waals surface area contributed by atoms with Crippen LogP contribution in [0.1, 0.15) is 19.4 Å². The van der Waals surface area contributed by atoms with E-state index in [0.717, 1.165) is 12.1 Å². The van der Waals surface area contributed by atoms with Gasteiger partial charge in [-0.15, -0.1) is 0 Å². The van der Waals surface area contributed by atoms with Crippen LogP contribution >= 0.6 is 11.8 Å². The minimum atomic E-state index is -0.329. The van der Waals surface area contributed by atoms with Crippen LogP contribution in [-0.2, 0) is 11.2 Å². The summed E-state index contributed by atoms with van der Waals surface area (Å²) in [4.78, 5) is 23.0. The Morgan fingerprint density at radius 2 is 1.96 bits per heavy atom. The molecule has 1 aromatic heterocycles. The van der Waals surface area contributed by atoms with E-state index in [2.05, 4.69) is 23.0 Å². The van der Waals surface area contributed by atoms with Crippen LogP contribution in [0.25, 0.3) is 0 Å². The SMILES string of the molecule is C[C@H](Sc1nc(N)cc(N)n1)C(=O)N1c2ccccc2C[C@H]1C. The van der Waals surface area contributed by atoms with Crippen LogP contribution < -0.4 is 16.4 Å². The number of nitrogen functional groups attached to an aromatic ring is 2. The van der Waals surface area contributed by atoms with E-state index in [9.17, 15) is 4.79 Å². The smallest absolute Gasteiger partial charge is 0.240 e. The zero-order valence-corrected chi connectivity index (χ0v) is 13.9. The quantitative estimate of drug-likeness (QED) is 0.661. The first-order valence-corrected chi connectivity index (χ1v) is 8.31. The summed E-state index contributed by atoms with van der Waals surface area (Å²) in [5, 5.41) is 0.0910. The average Bonchev–Trinajstić information content (AvgIpc) is 2.81. The third-order valence-corrected chi connectivity index (χ3v) is 4.77. The van der Waals surface area contributed by atoms with Gasteiger partial charge in [-0.05, 0) is 31.9 Å². The van der Waals surface area contributed by atoms with E-state index < -0.39 is 0 Å². The molecule has 0 saturated carbocycles. The molecule has 7 heteroatoms. The molecule has 0 saturated heterocycles. The zero-order valence-electron chi connectivity index (χ0n) is 13.1. The molecular weight excluding hydrogens is 310 g/mol. The van der Waals surface area contributed by atoms with Crippen molar-refractivity contribution in [1.82, 2.24) is 9.97 Å². The van der Waals surface area contributed by atoms with Crippen molar-refractivity contribution in [2.24, 2.45) is 0 Å². The standard InChI is InChI=1S/C16H19N5OS/c1-9-7-11-5-3-4-6-12(11)21(9)15(22)10(2)23-16-19-13(17)8-14(18)20-16/h3-6,8-10H,7H2,1-2H3,(H4,17,18,19,20)/t9-,10+/m1/s1. The number of benzene rings is 1. The van der Waals surface area contributed by atoms with Crippen LogP contribution in [0, 0.1) is 0 Å². The summed E-state index contributed by atoms with van der Waals surface area (Å²) < 4.78 is 0. The minimum absolute atomic E-state index is 0.0389. The largest absolute Gasteiger partial charge is 0.383 e. The summed E-state index contributed by atoms with van der Waals surface area (Å²) in [6.07, 6.45) is 0.876. The second kappa shape index (κ2) is 6.08. The van der Waals surface area contributed by atoms with Gasteiger partial charge in [-0.25, -0.2) is 9.97 Å². The Balaban J connectivity index is 1.80. The Morgan fingerprint density at radius 3 is 2.65 bits per heavy atom. The maximum atomic E-state index is 12.9. The molecule has 1 aromatic carbocycles. The van der Waals surface area contributed by atoms with E-state index in [1.54, 1.807) is 0 Å². The summed E-state index contributed by atoms with van der Waals surface area (Å²) in [6, 6.07) is 9.66. The molecule has 0 unspecified atom stereocenters. The lowest BCUT2D eigenvalue weighted by molar-refractivity contribution is -0.118. The molecule has 2 atom stereocenters. The van der Waals surface area contributed by atoms with Crippen LogP contribution in [0.3, 0.4) is 0 Å². The van der Waals surface area contributed by atoms with Crippen molar-refractivity contribution in [3.05, 3.63) is 35.9 Å². The fraction of sp³-hybridized carbons (Fsp3) is 0.312. The molecule has 1 aliphatic rings. The van der Waals surface area contributed by atoms with Gasteiger partial charge in [-0.3, -0.25) is 4.79 Å². The molecule has 6 nitrogen and oxygen atoms in total. The topological polar surface area (TPSA) is 98.1 Å². The van der Waals surface area contributed by atoms with Crippen molar-refractivity contribution in [3.63, 3.8) is 0 Å². The monoisotopic (exact) mass is 329 g/mol. The Morgan fingerprint density at radius 1 is 1.30 bits per heavy atom. The number of aromatic nitrogens is 2. The molecular formula is C16H19N5OS. The fourth-order valence-electron chi connectivity index (χ4n) is 2.82. The van der Waals surface area contributed by atoms with E-state index in [0.29, 0.717) is 16.8 Å². The lowest BCUT2D eigenvalue weighted by Crippen LogP contribution is -2.40. The van der Waals surface area contributed by atoms with Gasteiger partial charge in [-0.1, -0.05) is 30.0 Å². The third-order valence-electron chi connectivity index (χ3n) is 3.82. The molecule has 2 heterocycles. The molecule has 2 aromatic rings. The van der Waals surface area contributed by atoms with Gasteiger partial charge < -0.3 is 16.4 Å². The number of anilines is 3. The van der Waals surface area contributed by atoms with Gasteiger partial charge in [0.2, 0.25) is 5.91 Å². The van der Waals surface area contributed by atoms with Crippen molar-refractivity contribution < 1.29 is 4.79 Å². The number of carbonyl (C=O) groups is 1. The highest BCUT2D eigenvalue weighted by molar-refractivity contribution is 8.00. The number of hydrogen-bond donors (Lipinski definition) is 2. The number of thioether (sulfide) groups is 1. The van der Waals surface area contributed by atoms with E-state index in [1.807, 2.05) is 30.0 Å². The highest BCUT2D eigenvalue weighted by Gasteiger charge is 2.33. The van der Waals surface area contributed by atoms with Gasteiger partial charge in [0.15, 0.2) is 5.16 Å². The Bertz CT molecular complexity index is 731. The van der Waals surface area contributed by atoms with E-state index >= 15 is 0 Å². The van der Waals surface area contributed by atoms with Crippen LogP contribution in [0.15, 0.2) is 35.5 Å². The summed E-state index contributed by atoms with van der Waals surface area (Å²) >= 11 is 1.27. The maximum absolute atomic E-state index is 12.9. The predicted octanol–water partition coefficient (Wildman–Crippen LogP) is 2.10. The highest BCUT2D eigenvalue weighted by atomic mass is 32.2. The minimum Gasteiger partial charge on any atom is -0.383 e. The van der Waals surface area contributed by atoms with Gasteiger partial charge in [0, 0.05) is 17.8 Å². The molecule has 120 valence electrons. The van der Waals surface area contributed by atoms with Crippen molar-refractivity contribution in [2.75, 3.05) is 16.4 Å². The summed E-state index contributed by atoms with van der Waals surface area (Å²) in [6.45, 7) is 3.91. The molecule has 1 amide bonds. The number of carbonyl (C=O) groups excluding carboxylic acids is 1. The molecule has 4 N–H and O–H groups in total. The second-order valence-electron chi connectivity index (χ2n) is 5.65. The lowest BCUT2D eigenvalue weighted by atomic mass is 10.1. The first-order valence-electron chi connectivity index (χ1n) is 7.43. The van der Waals surface area contributed by atoms with Gasteiger partial charge in [0.25, 0.3) is 0 Å². The summed E-state index contributed by atoms with van der Waals surface area (Å²) in [5.41, 5.74) is 13.6. The Labute approximate surface area is 139 Å². The number of rotatable bonds is 3. The van der Waals surface area contributed by atoms with Gasteiger partial charge in [-0.2, -0.15) is 0 Å². The van der Waals surface area contributed by atoms with Gasteiger partial charge >= 0.3 is 0 Å². The first-order chi connectivity index (χ1) is 11.0. The van der Waals surface area contributed by atoms with E-state index in [-0.39, 0.29) is 17.2 Å². The Kier molecular flexibility index (Phi) is 4.12.